The lowest BCUT2D eigenvalue weighted by Crippen LogP contribution is -1.80. The number of benzene rings is 1. The lowest BCUT2D eigenvalue weighted by molar-refractivity contribution is 1.15. The van der Waals surface area contributed by atoms with Crippen LogP contribution in [0.25, 0.3) is 10.2 Å². The highest BCUT2D eigenvalue weighted by molar-refractivity contribution is 7.16. The Bertz CT molecular complexity index is 364. The van der Waals surface area contributed by atoms with Gasteiger partial charge in [-0.2, -0.15) is 0 Å². The zero-order chi connectivity index (χ0) is 7.68. The first-order valence-corrected chi connectivity index (χ1v) is 4.48. The second-order valence-corrected chi connectivity index (χ2v) is 3.25. The highest BCUT2D eigenvalue weighted by Gasteiger charge is 1.99. The molecule has 1 aromatic heterocycles. The van der Waals surface area contributed by atoms with E-state index in [-0.39, 0.29) is 0 Å². The van der Waals surface area contributed by atoms with Crippen LogP contribution in [0, 0.1) is 5.51 Å². The monoisotopic (exact) mass is 162 g/mol. The van der Waals surface area contributed by atoms with E-state index in [1.807, 2.05) is 0 Å². The zero-order valence-corrected chi connectivity index (χ0v) is 7.11. The number of nitrogens with zero attached hydrogens (tertiary/aromatic N) is 1. The van der Waals surface area contributed by atoms with E-state index < -0.39 is 0 Å². The Morgan fingerprint density at radius 2 is 2.45 bits per heavy atom. The van der Waals surface area contributed by atoms with Crippen LogP contribution in [-0.2, 0) is 6.42 Å². The Hall–Kier alpha value is -0.890. The summed E-state index contributed by atoms with van der Waals surface area (Å²) in [7, 11) is 0. The van der Waals surface area contributed by atoms with E-state index in [4.69, 9.17) is 0 Å². The second-order valence-electron chi connectivity index (χ2n) is 2.42. The van der Waals surface area contributed by atoms with Crippen molar-refractivity contribution in [2.75, 3.05) is 0 Å². The molecule has 55 valence electrons. The fourth-order valence-electron chi connectivity index (χ4n) is 1.18. The molecule has 1 aromatic carbocycles. The van der Waals surface area contributed by atoms with Crippen LogP contribution in [0.1, 0.15) is 12.5 Å². The fraction of sp³-hybridized carbons (Fsp3) is 0.222. The molecule has 0 bridgehead atoms. The molecule has 0 unspecified atom stereocenters. The smallest absolute Gasteiger partial charge is 0.153 e. The maximum atomic E-state index is 4.18. The number of rotatable bonds is 1. The van der Waals surface area contributed by atoms with Crippen LogP contribution >= 0.6 is 11.3 Å². The first-order valence-electron chi connectivity index (χ1n) is 3.66. The van der Waals surface area contributed by atoms with Crippen molar-refractivity contribution in [1.82, 2.24) is 4.98 Å². The molecule has 0 aliphatic rings. The lowest BCUT2D eigenvalue weighted by Gasteiger charge is -1.94. The van der Waals surface area contributed by atoms with Gasteiger partial charge in [0.2, 0.25) is 0 Å². The van der Waals surface area contributed by atoms with E-state index in [0.717, 1.165) is 11.9 Å². The third-order valence-electron chi connectivity index (χ3n) is 1.78. The molecule has 0 atom stereocenters. The minimum Gasteiger partial charge on any atom is -0.233 e. The van der Waals surface area contributed by atoms with Crippen molar-refractivity contribution in [3.63, 3.8) is 0 Å². The standard InChI is InChI=1S/C9H8NS/c1-2-7-4-3-5-8-9(7)10-6-11-8/h3-5H,2H2,1H3. The molecule has 2 rings (SSSR count). The van der Waals surface area contributed by atoms with Crippen LogP contribution in [0.2, 0.25) is 0 Å². The van der Waals surface area contributed by atoms with Crippen molar-refractivity contribution in [1.29, 1.82) is 0 Å². The quantitative estimate of drug-likeness (QED) is 0.628. The van der Waals surface area contributed by atoms with Crippen LogP contribution in [0.3, 0.4) is 0 Å². The van der Waals surface area contributed by atoms with Gasteiger partial charge in [0.15, 0.2) is 5.51 Å². The summed E-state index contributed by atoms with van der Waals surface area (Å²) in [5.74, 6) is 0. The maximum Gasteiger partial charge on any atom is 0.153 e. The zero-order valence-electron chi connectivity index (χ0n) is 6.29. The Labute approximate surface area is 69.7 Å². The summed E-state index contributed by atoms with van der Waals surface area (Å²) in [5.41, 5.74) is 5.35. The van der Waals surface area contributed by atoms with E-state index in [9.17, 15) is 0 Å². The van der Waals surface area contributed by atoms with Gasteiger partial charge in [-0.3, -0.25) is 0 Å². The topological polar surface area (TPSA) is 12.9 Å². The Morgan fingerprint density at radius 1 is 1.55 bits per heavy atom. The Balaban J connectivity index is 2.79. The normalized spacial score (nSPS) is 10.6. The summed E-state index contributed by atoms with van der Waals surface area (Å²) in [6.07, 6.45) is 1.05. The van der Waals surface area contributed by atoms with Crippen LogP contribution in [0.5, 0.6) is 0 Å². The van der Waals surface area contributed by atoms with Gasteiger partial charge in [0.05, 0.1) is 10.2 Å². The van der Waals surface area contributed by atoms with E-state index in [1.165, 1.54) is 10.3 Å². The van der Waals surface area contributed by atoms with Crippen LogP contribution < -0.4 is 0 Å². The van der Waals surface area contributed by atoms with Gasteiger partial charge in [-0.05, 0) is 18.1 Å². The van der Waals surface area contributed by atoms with E-state index in [0.29, 0.717) is 0 Å². The van der Waals surface area contributed by atoms with Gasteiger partial charge < -0.3 is 0 Å². The van der Waals surface area contributed by atoms with E-state index >= 15 is 0 Å². The third kappa shape index (κ3) is 1.03. The molecule has 0 fully saturated rings. The molecule has 1 nitrogen and oxygen atoms in total. The minimum absolute atomic E-state index is 1.05. The highest BCUT2D eigenvalue weighted by Crippen LogP contribution is 2.20. The number of aryl methyl sites for hydroxylation is 1. The summed E-state index contributed by atoms with van der Waals surface area (Å²) in [6.45, 7) is 2.15. The molecule has 1 heterocycles. The number of hydrogen-bond acceptors (Lipinski definition) is 2. The van der Waals surface area contributed by atoms with Gasteiger partial charge >= 0.3 is 0 Å². The van der Waals surface area contributed by atoms with E-state index in [2.05, 4.69) is 35.6 Å². The molecule has 0 aliphatic carbocycles. The first kappa shape index (κ1) is 6.80. The molecule has 0 saturated carbocycles. The van der Waals surface area contributed by atoms with Crippen molar-refractivity contribution in [3.8, 4) is 0 Å². The number of hydrogen-bond donors (Lipinski definition) is 0. The summed E-state index contributed by atoms with van der Waals surface area (Å²) in [6, 6.07) is 6.28. The maximum absolute atomic E-state index is 4.18. The lowest BCUT2D eigenvalue weighted by atomic mass is 10.1. The second kappa shape index (κ2) is 2.62. The van der Waals surface area contributed by atoms with Crippen LogP contribution in [-0.4, -0.2) is 4.98 Å². The molecule has 2 aromatic rings. The van der Waals surface area contributed by atoms with Crippen molar-refractivity contribution >= 4 is 21.6 Å². The van der Waals surface area contributed by atoms with Crippen LogP contribution in [0.15, 0.2) is 18.2 Å². The van der Waals surface area contributed by atoms with Gasteiger partial charge in [0, 0.05) is 0 Å². The van der Waals surface area contributed by atoms with Crippen LogP contribution in [0.4, 0.5) is 0 Å². The fourth-order valence-corrected chi connectivity index (χ4v) is 1.84. The first-order chi connectivity index (χ1) is 5.42. The van der Waals surface area contributed by atoms with Crippen molar-refractivity contribution in [3.05, 3.63) is 29.3 Å². The van der Waals surface area contributed by atoms with Crippen molar-refractivity contribution in [2.24, 2.45) is 0 Å². The average molecular weight is 162 g/mol. The molecule has 0 N–H and O–H groups in total. The van der Waals surface area contributed by atoms with Crippen molar-refractivity contribution in [2.45, 2.75) is 13.3 Å². The molecular weight excluding hydrogens is 154 g/mol. The molecule has 1 radical (unpaired) electrons. The van der Waals surface area contributed by atoms with E-state index in [1.54, 1.807) is 11.3 Å². The number of fused-ring (bicyclic) bond motifs is 1. The Kier molecular flexibility index (Phi) is 1.62. The molecule has 0 aliphatic heterocycles. The van der Waals surface area contributed by atoms with Gasteiger partial charge in [-0.15, -0.1) is 11.3 Å². The molecule has 0 saturated heterocycles. The third-order valence-corrected chi connectivity index (χ3v) is 2.51. The van der Waals surface area contributed by atoms with Gasteiger partial charge in [0.25, 0.3) is 0 Å². The summed E-state index contributed by atoms with van der Waals surface area (Å²) in [5, 5.41) is 0. The predicted octanol–water partition coefficient (Wildman–Crippen LogP) is 2.66. The SMILES string of the molecule is CCc1cccc2s[c]nc12. The Morgan fingerprint density at radius 3 is 3.27 bits per heavy atom. The molecule has 2 heteroatoms. The number of thiazole rings is 1. The number of para-hydroxylation sites is 1. The minimum atomic E-state index is 1.05. The number of aromatic nitrogens is 1. The highest BCUT2D eigenvalue weighted by atomic mass is 32.1. The average Bonchev–Trinajstić information content (AvgIpc) is 2.50. The summed E-state index contributed by atoms with van der Waals surface area (Å²) in [4.78, 5) is 4.18. The summed E-state index contributed by atoms with van der Waals surface area (Å²) >= 11 is 1.58. The van der Waals surface area contributed by atoms with Gasteiger partial charge in [0.1, 0.15) is 0 Å². The van der Waals surface area contributed by atoms with Gasteiger partial charge in [-0.1, -0.05) is 19.1 Å². The molecule has 0 amide bonds. The molecule has 11 heavy (non-hydrogen) atoms. The summed E-state index contributed by atoms with van der Waals surface area (Å²) < 4.78 is 1.24. The predicted molar refractivity (Wildman–Crippen MR) is 47.8 cm³/mol. The molecular formula is C9H8NS. The largest absolute Gasteiger partial charge is 0.233 e. The molecule has 0 spiro atoms. The van der Waals surface area contributed by atoms with Crippen molar-refractivity contribution < 1.29 is 0 Å². The van der Waals surface area contributed by atoms with Gasteiger partial charge in [-0.25, -0.2) is 4.98 Å².